The molecular weight excluding hydrogens is 408 g/mol. The van der Waals surface area contributed by atoms with E-state index in [2.05, 4.69) is 65.7 Å². The van der Waals surface area contributed by atoms with Crippen molar-refractivity contribution in [2.24, 2.45) is 0 Å². The molecule has 4 rings (SSSR count). The third-order valence-corrected chi connectivity index (χ3v) is 7.95. The van der Waals surface area contributed by atoms with Gasteiger partial charge in [-0.3, -0.25) is 9.59 Å². The number of likely N-dealkylation sites (tertiary alicyclic amines) is 1. The van der Waals surface area contributed by atoms with Crippen molar-refractivity contribution in [1.29, 1.82) is 0 Å². The second-order valence-corrected chi connectivity index (χ2v) is 10.1. The van der Waals surface area contributed by atoms with Crippen LogP contribution in [0.5, 0.6) is 0 Å². The lowest BCUT2D eigenvalue weighted by Gasteiger charge is -2.29. The van der Waals surface area contributed by atoms with Gasteiger partial charge < -0.3 is 10.2 Å². The van der Waals surface area contributed by atoms with Gasteiger partial charge in [-0.1, -0.05) is 61.4 Å². The second kappa shape index (κ2) is 10.2. The Balaban J connectivity index is 1.44. The lowest BCUT2D eigenvalue weighted by molar-refractivity contribution is -0.130. The maximum absolute atomic E-state index is 13.2. The van der Waals surface area contributed by atoms with Crippen molar-refractivity contribution in [3.05, 3.63) is 59.7 Å². The minimum atomic E-state index is -0.515. The van der Waals surface area contributed by atoms with E-state index >= 15 is 0 Å². The number of Topliss-reactive ketones (excluding diaryl/α,β-unsaturated/α-hetero) is 1. The van der Waals surface area contributed by atoms with Gasteiger partial charge in [-0.15, -0.1) is 0 Å². The summed E-state index contributed by atoms with van der Waals surface area (Å²) in [5.41, 5.74) is 4.31. The highest BCUT2D eigenvalue weighted by Gasteiger charge is 2.43. The third kappa shape index (κ3) is 5.22. The maximum Gasteiger partial charge on any atom is 0.231 e. The predicted molar refractivity (Wildman–Crippen MR) is 134 cm³/mol. The zero-order valence-electron chi connectivity index (χ0n) is 20.4. The van der Waals surface area contributed by atoms with E-state index in [9.17, 15) is 9.59 Å². The largest absolute Gasteiger partial charge is 0.346 e. The molecule has 1 saturated heterocycles. The molecule has 1 saturated carbocycles. The third-order valence-electron chi connectivity index (χ3n) is 7.95. The molecular formula is C29H38N2O2. The van der Waals surface area contributed by atoms with Gasteiger partial charge in [0.1, 0.15) is 0 Å². The number of hydrogen-bond donors (Lipinski definition) is 1. The van der Waals surface area contributed by atoms with Gasteiger partial charge in [0, 0.05) is 12.6 Å². The van der Waals surface area contributed by atoms with Crippen LogP contribution in [-0.4, -0.2) is 41.8 Å². The zero-order valence-corrected chi connectivity index (χ0v) is 20.4. The number of rotatable bonds is 8. The van der Waals surface area contributed by atoms with Gasteiger partial charge in [0.15, 0.2) is 5.78 Å². The molecule has 0 spiro atoms. The fourth-order valence-corrected chi connectivity index (χ4v) is 5.51. The molecule has 2 fully saturated rings. The number of amides is 1. The Hall–Kier alpha value is -2.46. The molecule has 0 bridgehead atoms. The Morgan fingerprint density at radius 3 is 2.15 bits per heavy atom. The minimum Gasteiger partial charge on any atom is -0.346 e. The van der Waals surface area contributed by atoms with E-state index in [1.165, 1.54) is 43.0 Å². The summed E-state index contributed by atoms with van der Waals surface area (Å²) in [6.07, 6.45) is 7.52. The molecule has 2 aliphatic rings. The molecule has 33 heavy (non-hydrogen) atoms. The maximum atomic E-state index is 13.2. The highest BCUT2D eigenvalue weighted by atomic mass is 16.2. The number of carbonyl (C=O) groups excluding carboxylic acids is 2. The quantitative estimate of drug-likeness (QED) is 0.600. The molecule has 4 nitrogen and oxygen atoms in total. The fraction of sp³-hybridized carbons (Fsp3) is 0.517. The van der Waals surface area contributed by atoms with Crippen LogP contribution >= 0.6 is 0 Å². The van der Waals surface area contributed by atoms with Gasteiger partial charge in [0.25, 0.3) is 0 Å². The molecule has 1 N–H and O–H groups in total. The summed E-state index contributed by atoms with van der Waals surface area (Å²) in [4.78, 5) is 27.4. The van der Waals surface area contributed by atoms with Crippen LogP contribution in [0, 0.1) is 0 Å². The molecule has 1 aliphatic heterocycles. The van der Waals surface area contributed by atoms with E-state index in [-0.39, 0.29) is 11.7 Å². The first-order chi connectivity index (χ1) is 15.9. The Bertz CT molecular complexity index is 958. The van der Waals surface area contributed by atoms with Crippen LogP contribution in [0.25, 0.3) is 11.1 Å². The van der Waals surface area contributed by atoms with Crippen molar-refractivity contribution in [2.45, 2.75) is 83.2 Å². The topological polar surface area (TPSA) is 49.4 Å². The van der Waals surface area contributed by atoms with Crippen molar-refractivity contribution in [3.63, 3.8) is 0 Å². The summed E-state index contributed by atoms with van der Waals surface area (Å²) in [5, 5.41) is 2.96. The fourth-order valence-electron chi connectivity index (χ4n) is 5.51. The van der Waals surface area contributed by atoms with Crippen molar-refractivity contribution < 1.29 is 9.59 Å². The number of hydrogen-bond acceptors (Lipinski definition) is 3. The highest BCUT2D eigenvalue weighted by Crippen LogP contribution is 2.42. The smallest absolute Gasteiger partial charge is 0.231 e. The van der Waals surface area contributed by atoms with Crippen LogP contribution in [0.2, 0.25) is 0 Å². The van der Waals surface area contributed by atoms with Gasteiger partial charge >= 0.3 is 0 Å². The molecule has 0 radical (unpaired) electrons. The van der Waals surface area contributed by atoms with Crippen LogP contribution in [0.15, 0.2) is 48.5 Å². The second-order valence-electron chi connectivity index (χ2n) is 10.1. The molecule has 2 aromatic carbocycles. The Morgan fingerprint density at radius 1 is 1.00 bits per heavy atom. The van der Waals surface area contributed by atoms with E-state index in [1.807, 2.05) is 0 Å². The van der Waals surface area contributed by atoms with Crippen molar-refractivity contribution >= 4 is 11.7 Å². The molecule has 4 heteroatoms. The van der Waals surface area contributed by atoms with Crippen LogP contribution in [-0.2, 0) is 21.4 Å². The van der Waals surface area contributed by atoms with Crippen LogP contribution in [0.3, 0.4) is 0 Å². The molecule has 2 aromatic rings. The Kier molecular flexibility index (Phi) is 7.33. The van der Waals surface area contributed by atoms with Gasteiger partial charge in [-0.25, -0.2) is 0 Å². The van der Waals surface area contributed by atoms with Crippen LogP contribution in [0.1, 0.15) is 70.4 Å². The standard InChI is InChI=1S/C29H38N2O2/c1-21-7-6-19-31(21)20-16-24-8-10-25(11-9-24)26-12-14-27(15-13-26)29(17-4-5-18-29)28(33)30-22(2)23(3)32/h8-15,21-22H,4-7,16-20H2,1-3H3,(H,30,33)/t21-,22+/m1/s1. The van der Waals surface area contributed by atoms with Crippen LogP contribution < -0.4 is 5.32 Å². The molecule has 0 unspecified atom stereocenters. The first kappa shape index (κ1) is 23.7. The summed E-state index contributed by atoms with van der Waals surface area (Å²) in [6, 6.07) is 17.7. The molecule has 1 heterocycles. The van der Waals surface area contributed by atoms with Crippen LogP contribution in [0.4, 0.5) is 0 Å². The minimum absolute atomic E-state index is 0.00729. The number of nitrogens with zero attached hydrogens (tertiary/aromatic N) is 1. The molecule has 176 valence electrons. The molecule has 1 amide bonds. The van der Waals surface area contributed by atoms with Crippen molar-refractivity contribution in [1.82, 2.24) is 10.2 Å². The van der Waals surface area contributed by atoms with E-state index in [4.69, 9.17) is 0 Å². The number of ketones is 1. The summed E-state index contributed by atoms with van der Waals surface area (Å²) >= 11 is 0. The van der Waals surface area contributed by atoms with Gasteiger partial charge in [-0.2, -0.15) is 0 Å². The van der Waals surface area contributed by atoms with Crippen molar-refractivity contribution in [3.8, 4) is 11.1 Å². The summed E-state index contributed by atoms with van der Waals surface area (Å²) in [6.45, 7) is 8.00. The predicted octanol–water partition coefficient (Wildman–Crippen LogP) is 5.29. The Labute approximate surface area is 198 Å². The van der Waals surface area contributed by atoms with Gasteiger partial charge in [0.2, 0.25) is 5.91 Å². The van der Waals surface area contributed by atoms with Crippen molar-refractivity contribution in [2.75, 3.05) is 13.1 Å². The van der Waals surface area contributed by atoms with Gasteiger partial charge in [0.05, 0.1) is 11.5 Å². The lowest BCUT2D eigenvalue weighted by atomic mass is 9.77. The highest BCUT2D eigenvalue weighted by molar-refractivity contribution is 5.93. The SMILES string of the molecule is CC(=O)[C@H](C)NC(=O)C1(c2ccc(-c3ccc(CCN4CCC[C@H]4C)cc3)cc2)CCCC1. The molecule has 2 atom stereocenters. The first-order valence-corrected chi connectivity index (χ1v) is 12.6. The average molecular weight is 447 g/mol. The Morgan fingerprint density at radius 2 is 1.61 bits per heavy atom. The monoisotopic (exact) mass is 446 g/mol. The normalized spacial score (nSPS) is 21.1. The van der Waals surface area contributed by atoms with E-state index in [0.717, 1.165) is 50.3 Å². The number of nitrogens with one attached hydrogen (secondary N) is 1. The number of benzene rings is 2. The lowest BCUT2D eigenvalue weighted by Crippen LogP contribution is -2.48. The van der Waals surface area contributed by atoms with Gasteiger partial charge in [-0.05, 0) is 81.7 Å². The van der Waals surface area contributed by atoms with E-state index in [1.54, 1.807) is 6.92 Å². The number of carbonyl (C=O) groups is 2. The summed E-state index contributed by atoms with van der Waals surface area (Å²) in [5.74, 6) is -0.0163. The summed E-state index contributed by atoms with van der Waals surface area (Å²) in [7, 11) is 0. The molecule has 1 aliphatic carbocycles. The summed E-state index contributed by atoms with van der Waals surface area (Å²) < 4.78 is 0. The van der Waals surface area contributed by atoms with E-state index in [0.29, 0.717) is 0 Å². The zero-order chi connectivity index (χ0) is 23.4. The molecule has 0 aromatic heterocycles. The van der Waals surface area contributed by atoms with E-state index < -0.39 is 11.5 Å². The average Bonchev–Trinajstić information content (AvgIpc) is 3.48. The first-order valence-electron chi connectivity index (χ1n) is 12.6.